The predicted octanol–water partition coefficient (Wildman–Crippen LogP) is 2.57. The molecule has 5 nitrogen and oxygen atoms in total. The van der Waals surface area contributed by atoms with Crippen molar-refractivity contribution in [2.45, 2.75) is 15.3 Å². The number of hydrogen-bond donors (Lipinski definition) is 1. The number of benzene rings is 2. The SMILES string of the molecule is COc1ccc(C[C]2=Cc3c4ccc[c]3[In]2[CH]4C2SC(=O)NC2=O)c(OC)c1. The van der Waals surface area contributed by atoms with Gasteiger partial charge in [0.05, 0.1) is 0 Å². The maximum absolute atomic E-state index is 12.4. The number of thioether (sulfide) groups is 1. The summed E-state index contributed by atoms with van der Waals surface area (Å²) in [5, 5.41) is 1.98. The van der Waals surface area contributed by atoms with E-state index in [1.165, 1.54) is 29.5 Å². The average molecular weight is 495 g/mol. The Morgan fingerprint density at radius 1 is 1.14 bits per heavy atom. The van der Waals surface area contributed by atoms with Crippen molar-refractivity contribution in [3.05, 3.63) is 56.4 Å². The Labute approximate surface area is 175 Å². The fourth-order valence-electron chi connectivity index (χ4n) is 4.73. The Morgan fingerprint density at radius 3 is 2.68 bits per heavy atom. The number of carbonyl (C=O) groups is 2. The van der Waals surface area contributed by atoms with Gasteiger partial charge in [0.1, 0.15) is 0 Å². The van der Waals surface area contributed by atoms with Gasteiger partial charge in [-0.1, -0.05) is 0 Å². The molecule has 0 aromatic heterocycles. The van der Waals surface area contributed by atoms with Crippen molar-refractivity contribution in [3.8, 4) is 11.5 Å². The molecule has 28 heavy (non-hydrogen) atoms. The molecule has 1 N–H and O–H groups in total. The van der Waals surface area contributed by atoms with E-state index in [9.17, 15) is 9.59 Å². The Morgan fingerprint density at radius 2 is 2.00 bits per heavy atom. The van der Waals surface area contributed by atoms with Crippen LogP contribution in [0, 0.1) is 0 Å². The average Bonchev–Trinajstić information content (AvgIpc) is 3.27. The third-order valence-corrected chi connectivity index (χ3v) is 18.6. The molecule has 0 spiro atoms. The zero-order valence-corrected chi connectivity index (χ0v) is 19.6. The first-order valence-corrected chi connectivity index (χ1v) is 15.2. The Bertz CT molecular complexity index is 1050. The van der Waals surface area contributed by atoms with Gasteiger partial charge in [-0.3, -0.25) is 0 Å². The summed E-state index contributed by atoms with van der Waals surface area (Å²) >= 11 is -1.32. The standard InChI is InChI=1S/C21H18NO4S.In/c1-25-17-11-10-15(18(13-17)26-2)9-5-8-14-6-3-4-7-16(14)12-19-20(23)22-21(24)27-19;/h3-4,7-8,10-13,19H,9H2,1-2H3,(H,22,23,24);. The predicted molar refractivity (Wildman–Crippen MR) is 111 cm³/mol. The van der Waals surface area contributed by atoms with E-state index in [1.807, 2.05) is 12.1 Å². The third kappa shape index (κ3) is 2.70. The number of amides is 2. The Kier molecular flexibility index (Phi) is 4.47. The summed E-state index contributed by atoms with van der Waals surface area (Å²) in [5.41, 5.74) is 3.71. The molecule has 1 fully saturated rings. The van der Waals surface area contributed by atoms with Crippen molar-refractivity contribution >= 4 is 53.7 Å². The first kappa shape index (κ1) is 18.2. The maximum atomic E-state index is 12.4. The molecule has 0 aliphatic carbocycles. The molecular weight excluding hydrogens is 477 g/mol. The van der Waals surface area contributed by atoms with Gasteiger partial charge in [0, 0.05) is 0 Å². The molecule has 2 atom stereocenters. The molecule has 2 aromatic carbocycles. The van der Waals surface area contributed by atoms with Crippen molar-refractivity contribution in [1.82, 2.24) is 5.32 Å². The third-order valence-electron chi connectivity index (χ3n) is 5.89. The molecule has 4 bridgehead atoms. The summed E-state index contributed by atoms with van der Waals surface area (Å²) in [5.74, 6) is 1.47. The van der Waals surface area contributed by atoms with Gasteiger partial charge in [0.25, 0.3) is 0 Å². The van der Waals surface area contributed by atoms with Gasteiger partial charge >= 0.3 is 176 Å². The van der Waals surface area contributed by atoms with E-state index < -0.39 is 21.4 Å². The van der Waals surface area contributed by atoms with Crippen molar-refractivity contribution in [2.75, 3.05) is 14.2 Å². The molecule has 1 saturated heterocycles. The summed E-state index contributed by atoms with van der Waals surface area (Å²) in [7, 11) is 3.32. The molecule has 5 rings (SSSR count). The molecule has 140 valence electrons. The van der Waals surface area contributed by atoms with E-state index >= 15 is 0 Å². The van der Waals surface area contributed by atoms with Crippen LogP contribution in [0.15, 0.2) is 39.7 Å². The normalized spacial score (nSPS) is 21.8. The summed E-state index contributed by atoms with van der Waals surface area (Å²) in [6.07, 6.45) is 3.16. The summed E-state index contributed by atoms with van der Waals surface area (Å²) < 4.78 is 14.0. The molecule has 0 saturated carbocycles. The van der Waals surface area contributed by atoms with Gasteiger partial charge in [-0.25, -0.2) is 0 Å². The number of carbonyl (C=O) groups excluding carboxylic acids is 2. The minimum atomic E-state index is -2.49. The number of imide groups is 1. The topological polar surface area (TPSA) is 64.6 Å². The van der Waals surface area contributed by atoms with Crippen LogP contribution in [0.5, 0.6) is 11.5 Å². The van der Waals surface area contributed by atoms with Crippen LogP contribution in [0.1, 0.15) is 20.4 Å². The molecule has 2 unspecified atom stereocenters. The summed E-state index contributed by atoms with van der Waals surface area (Å²) in [6, 6.07) is 12.4. The first-order chi connectivity index (χ1) is 13.6. The number of methoxy groups -OCH3 is 2. The van der Waals surface area contributed by atoms with Crippen LogP contribution in [0.25, 0.3) is 6.08 Å². The minimum absolute atomic E-state index is 0.127. The van der Waals surface area contributed by atoms with Gasteiger partial charge in [-0.2, -0.15) is 0 Å². The van der Waals surface area contributed by atoms with Crippen LogP contribution >= 0.6 is 11.8 Å². The van der Waals surface area contributed by atoms with Crippen molar-refractivity contribution in [1.29, 1.82) is 0 Å². The van der Waals surface area contributed by atoms with E-state index in [0.29, 0.717) is 0 Å². The molecule has 7 heteroatoms. The number of hydrogen-bond acceptors (Lipinski definition) is 5. The number of rotatable bonds is 5. The quantitative estimate of drug-likeness (QED) is 0.692. The zero-order valence-electron chi connectivity index (χ0n) is 15.5. The molecule has 0 radical (unpaired) electrons. The van der Waals surface area contributed by atoms with Crippen LogP contribution in [0.2, 0.25) is 0 Å². The second-order valence-electron chi connectivity index (χ2n) is 7.24. The van der Waals surface area contributed by atoms with Gasteiger partial charge in [0.15, 0.2) is 0 Å². The van der Waals surface area contributed by atoms with Crippen LogP contribution in [-0.2, 0) is 11.2 Å². The van der Waals surface area contributed by atoms with Crippen LogP contribution in [-0.4, -0.2) is 52.1 Å². The number of nitrogens with one attached hydrogen (secondary N) is 1. The molecule has 3 heterocycles. The van der Waals surface area contributed by atoms with Crippen molar-refractivity contribution in [3.63, 3.8) is 0 Å². The van der Waals surface area contributed by atoms with E-state index in [1.54, 1.807) is 14.2 Å². The van der Waals surface area contributed by atoms with Gasteiger partial charge in [-0.15, -0.1) is 0 Å². The van der Waals surface area contributed by atoms with Crippen LogP contribution in [0.3, 0.4) is 0 Å². The monoisotopic (exact) mass is 495 g/mol. The second kappa shape index (κ2) is 6.88. The second-order valence-corrected chi connectivity index (χ2v) is 17.0. The molecule has 3 aliphatic heterocycles. The Balaban J connectivity index is 1.50. The molecule has 3 aliphatic rings. The van der Waals surface area contributed by atoms with Gasteiger partial charge in [-0.05, 0) is 0 Å². The molecular formula is C21H18InNO4S. The number of allylic oxidation sites excluding steroid dienone is 1. The molecule has 2 amide bonds. The van der Waals surface area contributed by atoms with Gasteiger partial charge in [0.2, 0.25) is 0 Å². The van der Waals surface area contributed by atoms with Crippen molar-refractivity contribution in [2.24, 2.45) is 0 Å². The van der Waals surface area contributed by atoms with Crippen LogP contribution < -0.4 is 18.1 Å². The summed E-state index contributed by atoms with van der Waals surface area (Å²) in [6.45, 7) is 0. The van der Waals surface area contributed by atoms with E-state index in [4.69, 9.17) is 9.47 Å². The Hall–Kier alpha value is -1.86. The fraction of sp³-hybridized carbons (Fsp3) is 0.238. The number of ether oxygens (including phenoxy) is 2. The van der Waals surface area contributed by atoms with Crippen molar-refractivity contribution < 1.29 is 19.1 Å². The zero-order chi connectivity index (χ0) is 19.4. The summed E-state index contributed by atoms with van der Waals surface area (Å²) in [4.78, 5) is 24.2. The van der Waals surface area contributed by atoms with Crippen LogP contribution in [0.4, 0.5) is 4.79 Å². The van der Waals surface area contributed by atoms with Gasteiger partial charge < -0.3 is 0 Å². The van der Waals surface area contributed by atoms with E-state index in [-0.39, 0.29) is 20.1 Å². The first-order valence-electron chi connectivity index (χ1n) is 9.16. The van der Waals surface area contributed by atoms with E-state index in [0.717, 1.165) is 23.5 Å². The fourth-order valence-corrected chi connectivity index (χ4v) is 19.0. The molecule has 2 aromatic rings. The van der Waals surface area contributed by atoms with E-state index in [2.05, 4.69) is 35.7 Å².